The molecule has 4 aliphatic carbocycles. The highest BCUT2D eigenvalue weighted by atomic mass is 16.5. The molecule has 0 saturated heterocycles. The van der Waals surface area contributed by atoms with Gasteiger partial charge in [0.05, 0.1) is 6.10 Å². The molecule has 0 aliphatic heterocycles. The number of ether oxygens (including phenoxy) is 1. The van der Waals surface area contributed by atoms with Crippen molar-refractivity contribution in [3.8, 4) is 0 Å². The summed E-state index contributed by atoms with van der Waals surface area (Å²) in [6, 6.07) is 0. The van der Waals surface area contributed by atoms with Crippen molar-refractivity contribution >= 4 is 0 Å². The van der Waals surface area contributed by atoms with Crippen LogP contribution < -0.4 is 0 Å². The zero-order valence-electron chi connectivity index (χ0n) is 9.91. The van der Waals surface area contributed by atoms with Crippen LogP contribution in [0.5, 0.6) is 0 Å². The molecule has 0 aromatic rings. The van der Waals surface area contributed by atoms with Crippen molar-refractivity contribution in [3.05, 3.63) is 12.7 Å². The van der Waals surface area contributed by atoms with Gasteiger partial charge in [-0.15, -0.1) is 6.58 Å². The Bertz CT molecular complexity index is 285. The fourth-order valence-corrected chi connectivity index (χ4v) is 4.86. The monoisotopic (exact) mass is 206 g/mol. The Labute approximate surface area is 92.9 Å². The van der Waals surface area contributed by atoms with Gasteiger partial charge >= 0.3 is 0 Å². The summed E-state index contributed by atoms with van der Waals surface area (Å²) in [5, 5.41) is 0. The van der Waals surface area contributed by atoms with Crippen LogP contribution in [0.4, 0.5) is 0 Å². The molecule has 4 rings (SSSR count). The average Bonchev–Trinajstić information content (AvgIpc) is 2.25. The molecule has 6 atom stereocenters. The van der Waals surface area contributed by atoms with Gasteiger partial charge in [-0.25, -0.2) is 0 Å². The summed E-state index contributed by atoms with van der Waals surface area (Å²) in [6.45, 7) is 6.51. The van der Waals surface area contributed by atoms with Crippen molar-refractivity contribution in [2.75, 3.05) is 7.11 Å². The SMILES string of the molecule is C=CC1(C)C2CC3CC(C2)C(OC)C1C3. The second kappa shape index (κ2) is 3.10. The molecular formula is C14H22O. The van der Waals surface area contributed by atoms with E-state index in [9.17, 15) is 0 Å². The summed E-state index contributed by atoms with van der Waals surface area (Å²) >= 11 is 0. The number of rotatable bonds is 2. The fourth-order valence-electron chi connectivity index (χ4n) is 4.86. The minimum atomic E-state index is 0.355. The van der Waals surface area contributed by atoms with Crippen LogP contribution in [0.15, 0.2) is 12.7 Å². The van der Waals surface area contributed by atoms with Gasteiger partial charge < -0.3 is 4.74 Å². The molecule has 4 aliphatic rings. The van der Waals surface area contributed by atoms with Crippen LogP contribution in [0.2, 0.25) is 0 Å². The largest absolute Gasteiger partial charge is 0.381 e. The number of hydrogen-bond donors (Lipinski definition) is 0. The Morgan fingerprint density at radius 1 is 1.27 bits per heavy atom. The van der Waals surface area contributed by atoms with Crippen LogP contribution in [0.25, 0.3) is 0 Å². The van der Waals surface area contributed by atoms with E-state index in [1.54, 1.807) is 0 Å². The highest BCUT2D eigenvalue weighted by Crippen LogP contribution is 2.63. The molecule has 4 fully saturated rings. The first kappa shape index (κ1) is 9.89. The van der Waals surface area contributed by atoms with Gasteiger partial charge in [0.1, 0.15) is 0 Å². The summed E-state index contributed by atoms with van der Waals surface area (Å²) < 4.78 is 5.78. The third-order valence-corrected chi connectivity index (χ3v) is 5.68. The summed E-state index contributed by atoms with van der Waals surface area (Å²) in [5.41, 5.74) is 0.355. The van der Waals surface area contributed by atoms with E-state index in [4.69, 9.17) is 4.74 Å². The van der Waals surface area contributed by atoms with Gasteiger partial charge in [0.15, 0.2) is 0 Å². The topological polar surface area (TPSA) is 9.23 Å². The first-order valence-corrected chi connectivity index (χ1v) is 6.35. The zero-order chi connectivity index (χ0) is 10.6. The van der Waals surface area contributed by atoms with E-state index in [0.717, 1.165) is 23.7 Å². The van der Waals surface area contributed by atoms with Crippen LogP contribution in [-0.4, -0.2) is 13.2 Å². The standard InChI is InChI=1S/C14H22O/c1-4-14(2)11-6-9-5-10(8-11)13(15-3)12(14)7-9/h4,9-13H,1,5-8H2,2-3H3. The molecule has 0 heterocycles. The predicted molar refractivity (Wildman–Crippen MR) is 61.5 cm³/mol. The number of allylic oxidation sites excluding steroid dienone is 1. The van der Waals surface area contributed by atoms with Crippen LogP contribution in [-0.2, 0) is 4.74 Å². The fraction of sp³-hybridized carbons (Fsp3) is 0.857. The van der Waals surface area contributed by atoms with Gasteiger partial charge in [0.25, 0.3) is 0 Å². The average molecular weight is 206 g/mol. The zero-order valence-corrected chi connectivity index (χ0v) is 9.91. The first-order valence-electron chi connectivity index (χ1n) is 6.35. The second-order valence-corrected chi connectivity index (χ2v) is 6.14. The van der Waals surface area contributed by atoms with E-state index in [0.29, 0.717) is 11.5 Å². The number of hydrogen-bond acceptors (Lipinski definition) is 1. The maximum atomic E-state index is 5.78. The molecule has 0 N–H and O–H groups in total. The van der Waals surface area contributed by atoms with E-state index in [1.807, 2.05) is 7.11 Å². The van der Waals surface area contributed by atoms with Gasteiger partial charge in [0, 0.05) is 7.11 Å². The van der Waals surface area contributed by atoms with Crippen molar-refractivity contribution in [2.24, 2.45) is 29.1 Å². The molecule has 0 amide bonds. The van der Waals surface area contributed by atoms with Gasteiger partial charge in [-0.3, -0.25) is 0 Å². The third kappa shape index (κ3) is 1.13. The van der Waals surface area contributed by atoms with E-state index in [-0.39, 0.29) is 0 Å². The van der Waals surface area contributed by atoms with Crippen molar-refractivity contribution in [3.63, 3.8) is 0 Å². The lowest BCUT2D eigenvalue weighted by atomic mass is 9.45. The van der Waals surface area contributed by atoms with Crippen LogP contribution in [0, 0.1) is 29.1 Å². The lowest BCUT2D eigenvalue weighted by Crippen LogP contribution is -2.58. The lowest BCUT2D eigenvalue weighted by molar-refractivity contribution is -0.166. The molecule has 84 valence electrons. The van der Waals surface area contributed by atoms with E-state index < -0.39 is 0 Å². The van der Waals surface area contributed by atoms with Gasteiger partial charge in [-0.2, -0.15) is 0 Å². The van der Waals surface area contributed by atoms with Crippen molar-refractivity contribution < 1.29 is 4.74 Å². The second-order valence-electron chi connectivity index (χ2n) is 6.14. The Hall–Kier alpha value is -0.300. The highest BCUT2D eigenvalue weighted by Gasteiger charge is 2.58. The molecule has 4 bridgehead atoms. The maximum Gasteiger partial charge on any atom is 0.0636 e. The van der Waals surface area contributed by atoms with E-state index >= 15 is 0 Å². The summed E-state index contributed by atoms with van der Waals surface area (Å²) in [4.78, 5) is 0. The minimum absolute atomic E-state index is 0.355. The van der Waals surface area contributed by atoms with Crippen molar-refractivity contribution in [1.29, 1.82) is 0 Å². The van der Waals surface area contributed by atoms with Gasteiger partial charge in [-0.1, -0.05) is 13.0 Å². The molecule has 6 unspecified atom stereocenters. The van der Waals surface area contributed by atoms with Crippen LogP contribution >= 0.6 is 0 Å². The predicted octanol–water partition coefficient (Wildman–Crippen LogP) is 3.26. The molecule has 1 heteroatoms. The molecule has 0 aromatic heterocycles. The van der Waals surface area contributed by atoms with E-state index in [1.165, 1.54) is 25.7 Å². The Balaban J connectivity index is 1.98. The van der Waals surface area contributed by atoms with Gasteiger partial charge in [0.2, 0.25) is 0 Å². The minimum Gasteiger partial charge on any atom is -0.381 e. The molecule has 0 radical (unpaired) electrons. The third-order valence-electron chi connectivity index (χ3n) is 5.68. The molecule has 0 spiro atoms. The van der Waals surface area contributed by atoms with E-state index in [2.05, 4.69) is 19.6 Å². The molecule has 15 heavy (non-hydrogen) atoms. The Kier molecular flexibility index (Phi) is 2.04. The summed E-state index contributed by atoms with van der Waals surface area (Å²) in [6.07, 6.45) is 8.39. The number of methoxy groups -OCH3 is 1. The maximum absolute atomic E-state index is 5.78. The molecule has 4 saturated carbocycles. The quantitative estimate of drug-likeness (QED) is 0.630. The van der Waals surface area contributed by atoms with Crippen LogP contribution in [0.3, 0.4) is 0 Å². The molecular weight excluding hydrogens is 184 g/mol. The Morgan fingerprint density at radius 3 is 2.73 bits per heavy atom. The van der Waals surface area contributed by atoms with Crippen molar-refractivity contribution in [1.82, 2.24) is 0 Å². The lowest BCUT2D eigenvalue weighted by Gasteiger charge is -2.62. The highest BCUT2D eigenvalue weighted by molar-refractivity contribution is 5.13. The molecule has 1 nitrogen and oxygen atoms in total. The summed E-state index contributed by atoms with van der Waals surface area (Å²) in [5.74, 6) is 3.49. The van der Waals surface area contributed by atoms with Crippen molar-refractivity contribution in [2.45, 2.75) is 38.7 Å². The Morgan fingerprint density at radius 2 is 2.07 bits per heavy atom. The normalized spacial score (nSPS) is 57.1. The first-order chi connectivity index (χ1) is 7.19. The smallest absolute Gasteiger partial charge is 0.0636 e. The van der Waals surface area contributed by atoms with Crippen LogP contribution in [0.1, 0.15) is 32.6 Å². The molecule has 0 aromatic carbocycles. The van der Waals surface area contributed by atoms with Gasteiger partial charge in [-0.05, 0) is 54.8 Å². The summed E-state index contributed by atoms with van der Waals surface area (Å²) in [7, 11) is 1.90.